The highest BCUT2D eigenvalue weighted by Gasteiger charge is 1.91. The first-order chi connectivity index (χ1) is 9.95. The Morgan fingerprint density at radius 1 is 0.750 bits per heavy atom. The number of hydrogen-bond acceptors (Lipinski definition) is 1. The third kappa shape index (κ3) is 5.75. The zero-order chi connectivity index (χ0) is 13.9. The summed E-state index contributed by atoms with van der Waals surface area (Å²) in [5.41, 5.74) is 2.76. The standard InChI is InChI=1S/C19H23N/c1(5-11-18-12-6-3-7-13-18)2-10-16-20-17-19-14-8-4-9-15-19/h3-4,6-10,12-16,20H,1-2,5,11,17H2/b16-10+. The molecular formula is C19H23N. The molecule has 1 nitrogen and oxygen atoms in total. The van der Waals surface area contributed by atoms with Crippen LogP contribution in [0, 0.1) is 0 Å². The van der Waals surface area contributed by atoms with Gasteiger partial charge >= 0.3 is 0 Å². The molecule has 0 amide bonds. The Bertz CT molecular complexity index is 488. The van der Waals surface area contributed by atoms with Crippen LogP contribution in [0.15, 0.2) is 72.9 Å². The van der Waals surface area contributed by atoms with Gasteiger partial charge in [-0.15, -0.1) is 0 Å². The van der Waals surface area contributed by atoms with Crippen LogP contribution >= 0.6 is 0 Å². The van der Waals surface area contributed by atoms with E-state index >= 15 is 0 Å². The van der Waals surface area contributed by atoms with Gasteiger partial charge in [0.25, 0.3) is 0 Å². The topological polar surface area (TPSA) is 12.0 Å². The molecular weight excluding hydrogens is 242 g/mol. The van der Waals surface area contributed by atoms with Crippen LogP contribution in [0.1, 0.15) is 30.4 Å². The normalized spacial score (nSPS) is 10.8. The summed E-state index contributed by atoms with van der Waals surface area (Å²) in [5.74, 6) is 0. The average molecular weight is 265 g/mol. The molecule has 20 heavy (non-hydrogen) atoms. The highest BCUT2D eigenvalue weighted by atomic mass is 14.8. The Hall–Kier alpha value is -2.02. The molecule has 0 atom stereocenters. The molecule has 1 heteroatoms. The van der Waals surface area contributed by atoms with Crippen molar-refractivity contribution in [2.45, 2.75) is 32.2 Å². The highest BCUT2D eigenvalue weighted by molar-refractivity contribution is 5.15. The van der Waals surface area contributed by atoms with Crippen LogP contribution in [-0.4, -0.2) is 0 Å². The predicted molar refractivity (Wildman–Crippen MR) is 86.4 cm³/mol. The number of aryl methyl sites for hydroxylation is 1. The molecule has 0 aromatic heterocycles. The molecule has 0 saturated heterocycles. The maximum atomic E-state index is 3.33. The first-order valence-electron chi connectivity index (χ1n) is 7.41. The summed E-state index contributed by atoms with van der Waals surface area (Å²) in [6.07, 6.45) is 9.15. The van der Waals surface area contributed by atoms with E-state index in [9.17, 15) is 0 Å². The molecule has 0 aliphatic carbocycles. The first kappa shape index (κ1) is 14.4. The molecule has 2 aromatic carbocycles. The molecule has 0 unspecified atom stereocenters. The molecule has 2 aromatic rings. The first-order valence-corrected chi connectivity index (χ1v) is 7.41. The maximum absolute atomic E-state index is 3.33. The van der Waals surface area contributed by atoms with Crippen molar-refractivity contribution >= 4 is 0 Å². The van der Waals surface area contributed by atoms with Crippen LogP contribution in [-0.2, 0) is 13.0 Å². The van der Waals surface area contributed by atoms with E-state index in [1.165, 1.54) is 30.4 Å². The van der Waals surface area contributed by atoms with Crippen LogP contribution in [0.25, 0.3) is 0 Å². The van der Waals surface area contributed by atoms with Gasteiger partial charge in [0.2, 0.25) is 0 Å². The van der Waals surface area contributed by atoms with E-state index < -0.39 is 0 Å². The lowest BCUT2D eigenvalue weighted by Crippen LogP contribution is -2.03. The Labute approximate surface area is 122 Å². The van der Waals surface area contributed by atoms with E-state index in [-0.39, 0.29) is 0 Å². The molecule has 0 aliphatic rings. The molecule has 0 aliphatic heterocycles. The Morgan fingerprint density at radius 3 is 2.10 bits per heavy atom. The zero-order valence-electron chi connectivity index (χ0n) is 12.0. The zero-order valence-corrected chi connectivity index (χ0v) is 12.0. The van der Waals surface area contributed by atoms with E-state index in [1.807, 2.05) is 6.07 Å². The van der Waals surface area contributed by atoms with Crippen molar-refractivity contribution in [2.24, 2.45) is 0 Å². The van der Waals surface area contributed by atoms with Crippen molar-refractivity contribution in [3.8, 4) is 0 Å². The number of benzene rings is 2. The van der Waals surface area contributed by atoms with E-state index in [1.54, 1.807) is 0 Å². The van der Waals surface area contributed by atoms with Crippen LogP contribution in [0.3, 0.4) is 0 Å². The molecule has 0 fully saturated rings. The molecule has 104 valence electrons. The highest BCUT2D eigenvalue weighted by Crippen LogP contribution is 2.06. The Morgan fingerprint density at radius 2 is 1.40 bits per heavy atom. The van der Waals surface area contributed by atoms with Crippen molar-refractivity contribution < 1.29 is 0 Å². The minimum Gasteiger partial charge on any atom is -0.387 e. The van der Waals surface area contributed by atoms with Gasteiger partial charge in [0.1, 0.15) is 0 Å². The second-order valence-corrected chi connectivity index (χ2v) is 5.00. The molecule has 0 radical (unpaired) electrons. The maximum Gasteiger partial charge on any atom is 0.0395 e. The van der Waals surface area contributed by atoms with Crippen LogP contribution < -0.4 is 5.32 Å². The van der Waals surface area contributed by atoms with E-state index in [4.69, 9.17) is 0 Å². The monoisotopic (exact) mass is 265 g/mol. The molecule has 0 spiro atoms. The molecule has 1 N–H and O–H groups in total. The fourth-order valence-electron chi connectivity index (χ4n) is 2.18. The van der Waals surface area contributed by atoms with Crippen LogP contribution in [0.5, 0.6) is 0 Å². The second-order valence-electron chi connectivity index (χ2n) is 5.00. The SMILES string of the molecule is C(=C\NCc1ccccc1)/CCCCc1ccccc1. The molecule has 0 heterocycles. The van der Waals surface area contributed by atoms with Crippen LogP contribution in [0.4, 0.5) is 0 Å². The van der Waals surface area contributed by atoms with Crippen molar-refractivity contribution in [3.63, 3.8) is 0 Å². The number of hydrogen-bond donors (Lipinski definition) is 1. The number of allylic oxidation sites excluding steroid dienone is 1. The van der Waals surface area contributed by atoms with Gasteiger partial charge in [0.05, 0.1) is 0 Å². The molecule has 0 bridgehead atoms. The van der Waals surface area contributed by atoms with Crippen molar-refractivity contribution in [1.29, 1.82) is 0 Å². The predicted octanol–water partition coefficient (Wildman–Crippen LogP) is 4.70. The lowest BCUT2D eigenvalue weighted by molar-refractivity contribution is 0.742. The van der Waals surface area contributed by atoms with Gasteiger partial charge in [-0.05, 0) is 43.0 Å². The summed E-state index contributed by atoms with van der Waals surface area (Å²) in [6.45, 7) is 0.904. The summed E-state index contributed by atoms with van der Waals surface area (Å²) in [4.78, 5) is 0. The smallest absolute Gasteiger partial charge is 0.0395 e. The van der Waals surface area contributed by atoms with Gasteiger partial charge in [-0.1, -0.05) is 66.7 Å². The lowest BCUT2D eigenvalue weighted by Gasteiger charge is -2.01. The van der Waals surface area contributed by atoms with Gasteiger partial charge in [-0.25, -0.2) is 0 Å². The Balaban J connectivity index is 1.52. The van der Waals surface area contributed by atoms with Gasteiger partial charge in [-0.2, -0.15) is 0 Å². The van der Waals surface area contributed by atoms with Gasteiger partial charge in [0.15, 0.2) is 0 Å². The summed E-state index contributed by atoms with van der Waals surface area (Å²) in [6, 6.07) is 21.2. The van der Waals surface area contributed by atoms with Crippen molar-refractivity contribution in [1.82, 2.24) is 5.32 Å². The number of unbranched alkanes of at least 4 members (excludes halogenated alkanes) is 2. The van der Waals surface area contributed by atoms with Crippen LogP contribution in [0.2, 0.25) is 0 Å². The third-order valence-corrected chi connectivity index (χ3v) is 3.31. The van der Waals surface area contributed by atoms with E-state index in [2.05, 4.69) is 72.2 Å². The minimum atomic E-state index is 0.904. The summed E-state index contributed by atoms with van der Waals surface area (Å²) < 4.78 is 0. The molecule has 0 saturated carbocycles. The van der Waals surface area contributed by atoms with Crippen molar-refractivity contribution in [3.05, 3.63) is 84.1 Å². The number of nitrogens with one attached hydrogen (secondary N) is 1. The summed E-state index contributed by atoms with van der Waals surface area (Å²) in [7, 11) is 0. The van der Waals surface area contributed by atoms with E-state index in [0.29, 0.717) is 0 Å². The third-order valence-electron chi connectivity index (χ3n) is 3.31. The van der Waals surface area contributed by atoms with Gasteiger partial charge in [0, 0.05) is 6.54 Å². The average Bonchev–Trinajstić information content (AvgIpc) is 2.52. The minimum absolute atomic E-state index is 0.904. The van der Waals surface area contributed by atoms with Gasteiger partial charge in [-0.3, -0.25) is 0 Å². The quantitative estimate of drug-likeness (QED) is 0.682. The number of rotatable bonds is 8. The lowest BCUT2D eigenvalue weighted by atomic mass is 10.1. The van der Waals surface area contributed by atoms with E-state index in [0.717, 1.165) is 13.0 Å². The van der Waals surface area contributed by atoms with Gasteiger partial charge < -0.3 is 5.32 Å². The summed E-state index contributed by atoms with van der Waals surface area (Å²) >= 11 is 0. The van der Waals surface area contributed by atoms with Crippen molar-refractivity contribution in [2.75, 3.05) is 0 Å². The fourth-order valence-corrected chi connectivity index (χ4v) is 2.18. The second kappa shape index (κ2) is 8.98. The molecule has 2 rings (SSSR count). The largest absolute Gasteiger partial charge is 0.387 e. The summed E-state index contributed by atoms with van der Waals surface area (Å²) in [5, 5.41) is 3.33. The fraction of sp³-hybridized carbons (Fsp3) is 0.263. The Kier molecular flexibility index (Phi) is 6.46.